The highest BCUT2D eigenvalue weighted by Gasteiger charge is 2.34. The highest BCUT2D eigenvalue weighted by Crippen LogP contribution is 2.41. The van der Waals surface area contributed by atoms with Gasteiger partial charge in [0.25, 0.3) is 0 Å². The molecule has 5 nitrogen and oxygen atoms in total. The number of thiophene rings is 1. The molecule has 1 fully saturated rings. The molecular formula is C13H21N3O2S. The molecule has 2 rings (SSSR count). The van der Waals surface area contributed by atoms with Crippen LogP contribution in [0.1, 0.15) is 32.4 Å². The molecular weight excluding hydrogens is 262 g/mol. The highest BCUT2D eigenvalue weighted by atomic mass is 32.1. The first-order valence-electron chi connectivity index (χ1n) is 6.57. The largest absolute Gasteiger partial charge is 0.324 e. The van der Waals surface area contributed by atoms with Gasteiger partial charge in [0.15, 0.2) is 0 Å². The van der Waals surface area contributed by atoms with Crippen molar-refractivity contribution < 1.29 is 4.92 Å². The maximum absolute atomic E-state index is 10.9. The molecule has 0 bridgehead atoms. The van der Waals surface area contributed by atoms with Gasteiger partial charge in [-0.15, -0.1) is 0 Å². The van der Waals surface area contributed by atoms with Gasteiger partial charge in [-0.05, 0) is 11.0 Å². The van der Waals surface area contributed by atoms with Gasteiger partial charge in [0.2, 0.25) is 0 Å². The van der Waals surface area contributed by atoms with Gasteiger partial charge in [-0.2, -0.15) is 0 Å². The molecule has 6 heteroatoms. The summed E-state index contributed by atoms with van der Waals surface area (Å²) >= 11 is 1.22. The van der Waals surface area contributed by atoms with Gasteiger partial charge < -0.3 is 5.32 Å². The van der Waals surface area contributed by atoms with Gasteiger partial charge in [0.05, 0.1) is 4.92 Å². The van der Waals surface area contributed by atoms with Crippen molar-refractivity contribution in [3.05, 3.63) is 27.1 Å². The van der Waals surface area contributed by atoms with E-state index in [1.54, 1.807) is 6.07 Å². The summed E-state index contributed by atoms with van der Waals surface area (Å²) in [6, 6.07) is 1.97. The Morgan fingerprint density at radius 1 is 1.42 bits per heavy atom. The molecule has 19 heavy (non-hydrogen) atoms. The maximum atomic E-state index is 10.9. The van der Waals surface area contributed by atoms with Crippen LogP contribution in [-0.2, 0) is 0 Å². The van der Waals surface area contributed by atoms with Crippen molar-refractivity contribution in [2.24, 2.45) is 5.41 Å². The molecule has 1 aliphatic heterocycles. The van der Waals surface area contributed by atoms with E-state index in [-0.39, 0.29) is 21.4 Å². The zero-order chi connectivity index (χ0) is 14.0. The lowest BCUT2D eigenvalue weighted by atomic mass is 9.82. The van der Waals surface area contributed by atoms with E-state index in [0.29, 0.717) is 0 Å². The van der Waals surface area contributed by atoms with Crippen molar-refractivity contribution in [3.63, 3.8) is 0 Å². The van der Waals surface area contributed by atoms with Crippen LogP contribution in [0.25, 0.3) is 0 Å². The van der Waals surface area contributed by atoms with Gasteiger partial charge in [-0.25, -0.2) is 0 Å². The fourth-order valence-corrected chi connectivity index (χ4v) is 3.52. The van der Waals surface area contributed by atoms with E-state index < -0.39 is 0 Å². The number of nitro groups is 1. The van der Waals surface area contributed by atoms with E-state index in [9.17, 15) is 10.1 Å². The summed E-state index contributed by atoms with van der Waals surface area (Å²) in [6.07, 6.45) is 0. The van der Waals surface area contributed by atoms with Gasteiger partial charge in [-0.3, -0.25) is 15.0 Å². The third kappa shape index (κ3) is 3.32. The molecule has 1 aliphatic rings. The van der Waals surface area contributed by atoms with Crippen LogP contribution < -0.4 is 5.32 Å². The first kappa shape index (κ1) is 14.4. The zero-order valence-corrected chi connectivity index (χ0v) is 12.5. The summed E-state index contributed by atoms with van der Waals surface area (Å²) in [5.74, 6) is 0. The quantitative estimate of drug-likeness (QED) is 0.684. The molecule has 0 radical (unpaired) electrons. The topological polar surface area (TPSA) is 58.4 Å². The van der Waals surface area contributed by atoms with Crippen LogP contribution in [0, 0.1) is 15.5 Å². The standard InChI is InChI=1S/C13H21N3O2S/c1-13(2,3)12(15-6-4-14-5-7-15)10-8-11(16(17)18)19-9-10/h8-9,12,14H,4-7H2,1-3H3/t12-/m0/s1. The Morgan fingerprint density at radius 2 is 2.05 bits per heavy atom. The van der Waals surface area contributed by atoms with E-state index in [2.05, 4.69) is 31.0 Å². The van der Waals surface area contributed by atoms with Crippen molar-refractivity contribution in [2.75, 3.05) is 26.2 Å². The predicted molar refractivity (Wildman–Crippen MR) is 77.6 cm³/mol. The van der Waals surface area contributed by atoms with Crippen molar-refractivity contribution in [1.82, 2.24) is 10.2 Å². The first-order valence-corrected chi connectivity index (χ1v) is 7.45. The molecule has 0 aromatic carbocycles. The minimum Gasteiger partial charge on any atom is -0.314 e. The van der Waals surface area contributed by atoms with E-state index >= 15 is 0 Å². The molecule has 1 atom stereocenters. The second-order valence-corrected chi connectivity index (χ2v) is 6.92. The SMILES string of the molecule is CC(C)(C)[C@H](c1csc([N+](=O)[O-])c1)N1CCNCC1. The minimum absolute atomic E-state index is 0.0618. The third-order valence-electron chi connectivity index (χ3n) is 3.44. The van der Waals surface area contributed by atoms with E-state index in [1.807, 2.05) is 5.38 Å². The fraction of sp³-hybridized carbons (Fsp3) is 0.692. The molecule has 0 unspecified atom stereocenters. The Morgan fingerprint density at radius 3 is 2.53 bits per heavy atom. The van der Waals surface area contributed by atoms with Crippen molar-refractivity contribution in [2.45, 2.75) is 26.8 Å². The molecule has 0 amide bonds. The molecule has 1 saturated heterocycles. The second kappa shape index (κ2) is 5.56. The summed E-state index contributed by atoms with van der Waals surface area (Å²) in [5.41, 5.74) is 1.14. The number of hydrogen-bond donors (Lipinski definition) is 1. The Balaban J connectivity index is 2.28. The lowest BCUT2D eigenvalue weighted by Crippen LogP contribution is -2.48. The molecule has 0 spiro atoms. The average molecular weight is 283 g/mol. The Kier molecular flexibility index (Phi) is 4.23. The molecule has 0 saturated carbocycles. The summed E-state index contributed by atoms with van der Waals surface area (Å²) in [6.45, 7) is 10.5. The van der Waals surface area contributed by atoms with Crippen molar-refractivity contribution >= 4 is 16.3 Å². The summed E-state index contributed by atoms with van der Waals surface area (Å²) in [4.78, 5) is 13.0. The summed E-state index contributed by atoms with van der Waals surface area (Å²) in [5, 5.41) is 16.4. The number of hydrogen-bond acceptors (Lipinski definition) is 5. The third-order valence-corrected chi connectivity index (χ3v) is 4.34. The van der Waals surface area contributed by atoms with E-state index in [1.165, 1.54) is 11.3 Å². The van der Waals surface area contributed by atoms with E-state index in [0.717, 1.165) is 31.7 Å². The first-order chi connectivity index (χ1) is 8.89. The lowest BCUT2D eigenvalue weighted by Gasteiger charge is -2.42. The normalized spacial score (nSPS) is 19.3. The van der Waals surface area contributed by atoms with Crippen LogP contribution in [0.3, 0.4) is 0 Å². The fourth-order valence-electron chi connectivity index (χ4n) is 2.78. The van der Waals surface area contributed by atoms with Gasteiger partial charge in [0.1, 0.15) is 0 Å². The Labute approximate surface area is 117 Å². The van der Waals surface area contributed by atoms with Crippen LogP contribution in [0.15, 0.2) is 11.4 Å². The summed E-state index contributed by atoms with van der Waals surface area (Å²) < 4.78 is 0. The molecule has 106 valence electrons. The van der Waals surface area contributed by atoms with Crippen LogP contribution in [0.4, 0.5) is 5.00 Å². The van der Waals surface area contributed by atoms with Gasteiger partial charge in [0, 0.05) is 43.7 Å². The zero-order valence-electron chi connectivity index (χ0n) is 11.7. The Bertz CT molecular complexity index is 447. The van der Waals surface area contributed by atoms with Crippen LogP contribution in [0.2, 0.25) is 0 Å². The number of piperazine rings is 1. The van der Waals surface area contributed by atoms with Crippen LogP contribution in [0.5, 0.6) is 0 Å². The number of rotatable bonds is 3. The molecule has 1 aromatic heterocycles. The van der Waals surface area contributed by atoms with Crippen LogP contribution in [-0.4, -0.2) is 36.0 Å². The smallest absolute Gasteiger partial charge is 0.314 e. The minimum atomic E-state index is -0.300. The van der Waals surface area contributed by atoms with Crippen LogP contribution >= 0.6 is 11.3 Å². The average Bonchev–Trinajstić information content (AvgIpc) is 2.78. The summed E-state index contributed by atoms with van der Waals surface area (Å²) in [7, 11) is 0. The predicted octanol–water partition coefficient (Wildman–Crippen LogP) is 2.65. The van der Waals surface area contributed by atoms with Gasteiger partial charge in [-0.1, -0.05) is 32.1 Å². The monoisotopic (exact) mass is 283 g/mol. The Hall–Kier alpha value is -0.980. The molecule has 1 N–H and O–H groups in total. The van der Waals surface area contributed by atoms with E-state index in [4.69, 9.17) is 0 Å². The molecule has 0 aliphatic carbocycles. The van der Waals surface area contributed by atoms with Crippen molar-refractivity contribution in [3.8, 4) is 0 Å². The maximum Gasteiger partial charge on any atom is 0.324 e. The second-order valence-electron chi connectivity index (χ2n) is 6.03. The highest BCUT2D eigenvalue weighted by molar-refractivity contribution is 7.13. The number of nitrogens with one attached hydrogen (secondary N) is 1. The van der Waals surface area contributed by atoms with Gasteiger partial charge >= 0.3 is 5.00 Å². The lowest BCUT2D eigenvalue weighted by molar-refractivity contribution is -0.380. The van der Waals surface area contributed by atoms with Crippen molar-refractivity contribution in [1.29, 1.82) is 0 Å². The molecule has 2 heterocycles. The molecule has 1 aromatic rings. The number of nitrogens with zero attached hydrogens (tertiary/aromatic N) is 2.